The molecule has 0 heterocycles. The van der Waals surface area contributed by atoms with Crippen LogP contribution >= 0.6 is 0 Å². The molecule has 0 aliphatic rings. The molecule has 0 rings (SSSR count). The molecule has 0 aromatic rings. The van der Waals surface area contributed by atoms with Gasteiger partial charge in [0.05, 0.1) is 25.4 Å². The Bertz CT molecular complexity index is 1230. The minimum Gasteiger partial charge on any atom is -0.466 e. The van der Waals surface area contributed by atoms with E-state index in [1.807, 2.05) is 0 Å². The quantitative estimate of drug-likeness (QED) is 0.0320. The molecule has 0 aliphatic heterocycles. The number of carbonyl (C=O) groups excluding carboxylic acids is 2. The van der Waals surface area contributed by atoms with Crippen LogP contribution in [0.15, 0.2) is 36.5 Å². The molecule has 0 spiro atoms. The van der Waals surface area contributed by atoms with Crippen LogP contribution in [0.4, 0.5) is 0 Å². The van der Waals surface area contributed by atoms with Gasteiger partial charge in [0.15, 0.2) is 0 Å². The van der Waals surface area contributed by atoms with Gasteiger partial charge in [-0.1, -0.05) is 314 Å². The maximum atomic E-state index is 12.5. The molecule has 0 aromatic carbocycles. The monoisotopic (exact) mass is 1070 g/mol. The Labute approximate surface area is 474 Å². The molecule has 1 amide bonds. The fourth-order valence-corrected chi connectivity index (χ4v) is 10.7. The van der Waals surface area contributed by atoms with E-state index in [0.29, 0.717) is 25.9 Å². The molecule has 76 heavy (non-hydrogen) atoms. The first-order chi connectivity index (χ1) is 37.5. The summed E-state index contributed by atoms with van der Waals surface area (Å²) in [5.41, 5.74) is 0. The van der Waals surface area contributed by atoms with Crippen LogP contribution in [0.25, 0.3) is 0 Å². The number of hydrogen-bond acceptors (Lipinski definition) is 5. The number of aliphatic hydroxyl groups is 2. The molecule has 3 N–H and O–H groups in total. The van der Waals surface area contributed by atoms with Gasteiger partial charge in [0.1, 0.15) is 0 Å². The van der Waals surface area contributed by atoms with Gasteiger partial charge in [-0.05, 0) is 83.5 Å². The predicted molar refractivity (Wildman–Crippen MR) is 333 cm³/mol. The third-order valence-corrected chi connectivity index (χ3v) is 15.9. The summed E-state index contributed by atoms with van der Waals surface area (Å²) in [5.74, 6) is -0.0556. The number of esters is 1. The summed E-state index contributed by atoms with van der Waals surface area (Å²) >= 11 is 0. The second-order valence-corrected chi connectivity index (χ2v) is 23.5. The molecule has 2 unspecified atom stereocenters. The molecule has 0 aliphatic carbocycles. The highest BCUT2D eigenvalue weighted by Gasteiger charge is 2.20. The molecular formula is C70H133NO5. The van der Waals surface area contributed by atoms with Crippen LogP contribution in [-0.2, 0) is 14.3 Å². The van der Waals surface area contributed by atoms with Crippen LogP contribution in [0.1, 0.15) is 373 Å². The van der Waals surface area contributed by atoms with Gasteiger partial charge in [-0.3, -0.25) is 9.59 Å². The van der Waals surface area contributed by atoms with E-state index in [-0.39, 0.29) is 18.5 Å². The first kappa shape index (κ1) is 74.1. The predicted octanol–water partition coefficient (Wildman–Crippen LogP) is 21.9. The van der Waals surface area contributed by atoms with Crippen LogP contribution in [0, 0.1) is 0 Å². The van der Waals surface area contributed by atoms with Crippen molar-refractivity contribution >= 4 is 11.9 Å². The fraction of sp³-hybridized carbons (Fsp3) is 0.886. The number of ether oxygens (including phenoxy) is 1. The van der Waals surface area contributed by atoms with Crippen LogP contribution in [0.2, 0.25) is 0 Å². The molecule has 0 radical (unpaired) electrons. The maximum Gasteiger partial charge on any atom is 0.305 e. The van der Waals surface area contributed by atoms with Gasteiger partial charge in [0, 0.05) is 12.8 Å². The molecule has 0 bridgehead atoms. The number of nitrogens with one attached hydrogen (secondary N) is 1. The van der Waals surface area contributed by atoms with Crippen molar-refractivity contribution in [2.45, 2.75) is 386 Å². The molecule has 0 aromatic heterocycles. The van der Waals surface area contributed by atoms with Crippen LogP contribution < -0.4 is 5.32 Å². The van der Waals surface area contributed by atoms with Gasteiger partial charge >= 0.3 is 5.97 Å². The lowest BCUT2D eigenvalue weighted by atomic mass is 10.0. The van der Waals surface area contributed by atoms with Crippen molar-refractivity contribution in [3.8, 4) is 0 Å². The van der Waals surface area contributed by atoms with Crippen LogP contribution in [0.5, 0.6) is 0 Å². The second-order valence-electron chi connectivity index (χ2n) is 23.5. The summed E-state index contributed by atoms with van der Waals surface area (Å²) in [6.07, 6.45) is 83.1. The number of carbonyl (C=O) groups is 2. The van der Waals surface area contributed by atoms with E-state index in [2.05, 4.69) is 55.6 Å². The smallest absolute Gasteiger partial charge is 0.305 e. The average Bonchev–Trinajstić information content (AvgIpc) is 3.42. The number of allylic oxidation sites excluding steroid dienone is 6. The van der Waals surface area contributed by atoms with Crippen molar-refractivity contribution in [3.05, 3.63) is 36.5 Å². The number of rotatable bonds is 64. The van der Waals surface area contributed by atoms with Gasteiger partial charge in [0.2, 0.25) is 5.91 Å². The summed E-state index contributed by atoms with van der Waals surface area (Å²) < 4.78 is 5.48. The topological polar surface area (TPSA) is 95.9 Å². The van der Waals surface area contributed by atoms with Crippen LogP contribution in [-0.4, -0.2) is 47.4 Å². The normalized spacial score (nSPS) is 12.7. The molecule has 2 atom stereocenters. The SMILES string of the molecule is CCCCCC/C=C\C/C=C\CCCCCCCC(=O)OCCCCCCCCCCC/C=C\CCCCCCCC(=O)NC(CO)C(O)CCCCCCCCCCCCCCCCCCCCCCCCCCC. The minimum atomic E-state index is -0.676. The molecular weight excluding hydrogens is 935 g/mol. The van der Waals surface area contributed by atoms with Crippen molar-refractivity contribution in [2.75, 3.05) is 13.2 Å². The Morgan fingerprint density at radius 3 is 1.03 bits per heavy atom. The summed E-state index contributed by atoms with van der Waals surface area (Å²) in [7, 11) is 0. The number of hydrogen-bond donors (Lipinski definition) is 3. The highest BCUT2D eigenvalue weighted by atomic mass is 16.5. The van der Waals surface area contributed by atoms with E-state index in [0.717, 1.165) is 70.6 Å². The third-order valence-electron chi connectivity index (χ3n) is 15.9. The highest BCUT2D eigenvalue weighted by molar-refractivity contribution is 5.76. The van der Waals surface area contributed by atoms with Crippen molar-refractivity contribution < 1.29 is 24.5 Å². The largest absolute Gasteiger partial charge is 0.466 e. The summed E-state index contributed by atoms with van der Waals surface area (Å²) in [6.45, 7) is 4.94. The molecule has 0 saturated heterocycles. The van der Waals surface area contributed by atoms with Crippen molar-refractivity contribution in [3.63, 3.8) is 0 Å². The number of unbranched alkanes of at least 4 members (excludes halogenated alkanes) is 47. The van der Waals surface area contributed by atoms with Gasteiger partial charge in [-0.25, -0.2) is 0 Å². The van der Waals surface area contributed by atoms with E-state index in [1.54, 1.807) is 0 Å². The van der Waals surface area contributed by atoms with Gasteiger partial charge in [-0.2, -0.15) is 0 Å². The zero-order valence-electron chi connectivity index (χ0n) is 51.3. The van der Waals surface area contributed by atoms with E-state index < -0.39 is 12.1 Å². The Morgan fingerprint density at radius 2 is 0.658 bits per heavy atom. The number of amides is 1. The lowest BCUT2D eigenvalue weighted by Crippen LogP contribution is -2.45. The lowest BCUT2D eigenvalue weighted by molar-refractivity contribution is -0.143. The zero-order valence-corrected chi connectivity index (χ0v) is 51.3. The first-order valence-corrected chi connectivity index (χ1v) is 34.2. The standard InChI is InChI=1S/C70H133NO5/c1-3-5-7-9-11-13-15-17-19-21-22-23-24-25-26-27-28-31-34-38-42-46-50-54-58-62-68(73)67(66-72)71-69(74)63-59-55-51-47-43-39-35-32-29-30-33-37-41-45-49-53-57-61-65-76-70(75)64-60-56-52-48-44-40-36-20-18-16-14-12-10-8-6-4-2/h14,16,20,32,35-36,67-68,72-73H,3-13,15,17-19,21-31,33-34,37-66H2,1-2H3,(H,71,74)/b16-14-,35-32-,36-20-. The highest BCUT2D eigenvalue weighted by Crippen LogP contribution is 2.18. The first-order valence-electron chi connectivity index (χ1n) is 34.2. The van der Waals surface area contributed by atoms with E-state index in [9.17, 15) is 19.8 Å². The summed E-state index contributed by atoms with van der Waals surface area (Å²) in [6, 6.07) is -0.554. The van der Waals surface area contributed by atoms with Gasteiger partial charge < -0.3 is 20.3 Å². The van der Waals surface area contributed by atoms with Crippen molar-refractivity contribution in [1.82, 2.24) is 5.32 Å². The van der Waals surface area contributed by atoms with Crippen molar-refractivity contribution in [1.29, 1.82) is 0 Å². The van der Waals surface area contributed by atoms with E-state index >= 15 is 0 Å². The van der Waals surface area contributed by atoms with Gasteiger partial charge in [0.25, 0.3) is 0 Å². The second kappa shape index (κ2) is 65.6. The molecule has 6 nitrogen and oxygen atoms in total. The van der Waals surface area contributed by atoms with E-state index in [4.69, 9.17) is 4.74 Å². The summed E-state index contributed by atoms with van der Waals surface area (Å²) in [5, 5.41) is 23.4. The zero-order chi connectivity index (χ0) is 55.0. The van der Waals surface area contributed by atoms with E-state index in [1.165, 1.54) is 270 Å². The van der Waals surface area contributed by atoms with Crippen LogP contribution in [0.3, 0.4) is 0 Å². The maximum absolute atomic E-state index is 12.5. The lowest BCUT2D eigenvalue weighted by Gasteiger charge is -2.22. The summed E-state index contributed by atoms with van der Waals surface area (Å²) in [4.78, 5) is 24.6. The third kappa shape index (κ3) is 61.3. The molecule has 0 saturated carbocycles. The molecule has 0 fully saturated rings. The number of aliphatic hydroxyl groups excluding tert-OH is 2. The Hall–Kier alpha value is -1.92. The Balaban J connectivity index is 3.45. The molecule has 6 heteroatoms. The average molecular weight is 1070 g/mol. The van der Waals surface area contributed by atoms with Gasteiger partial charge in [-0.15, -0.1) is 0 Å². The minimum absolute atomic E-state index is 0.00973. The Kier molecular flexibility index (Phi) is 63.9. The fourth-order valence-electron chi connectivity index (χ4n) is 10.7. The molecule has 448 valence electrons. The van der Waals surface area contributed by atoms with Crippen molar-refractivity contribution in [2.24, 2.45) is 0 Å². The Morgan fingerprint density at radius 1 is 0.368 bits per heavy atom.